The third-order valence-electron chi connectivity index (χ3n) is 3.85. The zero-order chi connectivity index (χ0) is 13.6. The Morgan fingerprint density at radius 2 is 2.00 bits per heavy atom. The molecule has 1 atom stereocenters. The van der Waals surface area contributed by atoms with E-state index >= 15 is 0 Å². The van der Waals surface area contributed by atoms with Gasteiger partial charge in [-0.1, -0.05) is 12.1 Å². The van der Waals surface area contributed by atoms with E-state index in [0.29, 0.717) is 17.7 Å². The Balaban J connectivity index is 2.16. The van der Waals surface area contributed by atoms with Crippen LogP contribution in [0.1, 0.15) is 28.7 Å². The van der Waals surface area contributed by atoms with Gasteiger partial charge in [0, 0.05) is 5.69 Å². The maximum atomic E-state index is 13.6. The number of nitrogens with two attached hydrogens (primary N) is 1. The van der Waals surface area contributed by atoms with Crippen LogP contribution in [0, 0.1) is 12.7 Å². The van der Waals surface area contributed by atoms with Gasteiger partial charge < -0.3 is 10.8 Å². The summed E-state index contributed by atoms with van der Waals surface area (Å²) in [4.78, 5) is 0. The first kappa shape index (κ1) is 12.2. The molecule has 0 radical (unpaired) electrons. The normalized spacial score (nSPS) is 21.4. The number of hydrogen-bond donors (Lipinski definition) is 2. The minimum absolute atomic E-state index is 0.313. The summed E-state index contributed by atoms with van der Waals surface area (Å²) in [5, 5.41) is 10.9. The van der Waals surface area contributed by atoms with Gasteiger partial charge in [0.15, 0.2) is 0 Å². The third kappa shape index (κ3) is 1.90. The second-order valence-electron chi connectivity index (χ2n) is 5.29. The van der Waals surface area contributed by atoms with Crippen molar-refractivity contribution in [1.29, 1.82) is 0 Å². The van der Waals surface area contributed by atoms with Crippen LogP contribution in [0.25, 0.3) is 0 Å². The molecule has 1 aliphatic rings. The molecule has 1 unspecified atom stereocenters. The fraction of sp³-hybridized carbons (Fsp3) is 0.250. The lowest BCUT2D eigenvalue weighted by Gasteiger charge is -2.25. The molecule has 0 saturated carbocycles. The highest BCUT2D eigenvalue weighted by atomic mass is 19.1. The van der Waals surface area contributed by atoms with Crippen molar-refractivity contribution in [2.75, 3.05) is 5.73 Å². The quantitative estimate of drug-likeness (QED) is 0.772. The number of aryl methyl sites for hydroxylation is 2. The summed E-state index contributed by atoms with van der Waals surface area (Å²) in [7, 11) is 0. The number of benzene rings is 2. The monoisotopic (exact) mass is 257 g/mol. The molecule has 3 heteroatoms. The third-order valence-corrected chi connectivity index (χ3v) is 3.85. The van der Waals surface area contributed by atoms with Crippen molar-refractivity contribution >= 4 is 5.69 Å². The van der Waals surface area contributed by atoms with E-state index in [1.165, 1.54) is 12.1 Å². The van der Waals surface area contributed by atoms with E-state index in [1.54, 1.807) is 6.07 Å². The number of fused-ring (bicyclic) bond motifs is 1. The Bertz CT molecular complexity index is 633. The SMILES string of the molecule is Cc1cc(F)cc(C2(O)CCc3cc(N)ccc32)c1. The van der Waals surface area contributed by atoms with E-state index in [9.17, 15) is 9.50 Å². The molecule has 0 aromatic heterocycles. The summed E-state index contributed by atoms with van der Waals surface area (Å²) in [6.45, 7) is 1.83. The Morgan fingerprint density at radius 3 is 2.74 bits per heavy atom. The van der Waals surface area contributed by atoms with Crippen LogP contribution in [-0.2, 0) is 12.0 Å². The van der Waals surface area contributed by atoms with Gasteiger partial charge >= 0.3 is 0 Å². The van der Waals surface area contributed by atoms with Crippen LogP contribution in [0.3, 0.4) is 0 Å². The lowest BCUT2D eigenvalue weighted by Crippen LogP contribution is -2.24. The van der Waals surface area contributed by atoms with Crippen LogP contribution in [0.15, 0.2) is 36.4 Å². The van der Waals surface area contributed by atoms with Crippen molar-refractivity contribution in [3.05, 3.63) is 64.5 Å². The van der Waals surface area contributed by atoms with Crippen LogP contribution in [0.2, 0.25) is 0 Å². The van der Waals surface area contributed by atoms with E-state index in [2.05, 4.69) is 0 Å². The maximum absolute atomic E-state index is 13.6. The van der Waals surface area contributed by atoms with Gasteiger partial charge in [0.05, 0.1) is 0 Å². The fourth-order valence-electron chi connectivity index (χ4n) is 2.95. The molecule has 98 valence electrons. The number of aliphatic hydroxyl groups is 1. The summed E-state index contributed by atoms with van der Waals surface area (Å²) in [6, 6.07) is 10.2. The summed E-state index contributed by atoms with van der Waals surface area (Å²) in [6.07, 6.45) is 1.32. The summed E-state index contributed by atoms with van der Waals surface area (Å²) in [5.74, 6) is -0.313. The number of hydrogen-bond acceptors (Lipinski definition) is 2. The second-order valence-corrected chi connectivity index (χ2v) is 5.29. The Morgan fingerprint density at radius 1 is 1.21 bits per heavy atom. The predicted octanol–water partition coefficient (Wildman–Crippen LogP) is 2.90. The van der Waals surface area contributed by atoms with Crippen molar-refractivity contribution in [1.82, 2.24) is 0 Å². The number of rotatable bonds is 1. The highest BCUT2D eigenvalue weighted by Crippen LogP contribution is 2.42. The van der Waals surface area contributed by atoms with Crippen LogP contribution in [-0.4, -0.2) is 5.11 Å². The van der Waals surface area contributed by atoms with Gasteiger partial charge in [-0.15, -0.1) is 0 Å². The van der Waals surface area contributed by atoms with Gasteiger partial charge in [-0.2, -0.15) is 0 Å². The zero-order valence-electron chi connectivity index (χ0n) is 10.8. The fourth-order valence-corrected chi connectivity index (χ4v) is 2.95. The minimum atomic E-state index is -1.10. The predicted molar refractivity (Wildman–Crippen MR) is 73.3 cm³/mol. The lowest BCUT2D eigenvalue weighted by molar-refractivity contribution is 0.0825. The molecular formula is C16H16FNO. The van der Waals surface area contributed by atoms with E-state index < -0.39 is 5.60 Å². The number of halogens is 1. The molecule has 19 heavy (non-hydrogen) atoms. The molecule has 2 nitrogen and oxygen atoms in total. The van der Waals surface area contributed by atoms with Gasteiger partial charge in [-0.3, -0.25) is 0 Å². The largest absolute Gasteiger partial charge is 0.399 e. The van der Waals surface area contributed by atoms with E-state index in [1.807, 2.05) is 25.1 Å². The molecule has 3 N–H and O–H groups in total. The number of anilines is 1. The number of nitrogen functional groups attached to an aromatic ring is 1. The molecule has 0 amide bonds. The van der Waals surface area contributed by atoms with Gasteiger partial charge in [0.25, 0.3) is 0 Å². The topological polar surface area (TPSA) is 46.2 Å². The smallest absolute Gasteiger partial charge is 0.123 e. The summed E-state index contributed by atoms with van der Waals surface area (Å²) >= 11 is 0. The summed E-state index contributed by atoms with van der Waals surface area (Å²) in [5.41, 5.74) is 8.67. The van der Waals surface area contributed by atoms with E-state index in [4.69, 9.17) is 5.73 Å². The molecular weight excluding hydrogens is 241 g/mol. The first-order chi connectivity index (χ1) is 8.99. The molecule has 0 heterocycles. The minimum Gasteiger partial charge on any atom is -0.399 e. The lowest BCUT2D eigenvalue weighted by atomic mass is 9.87. The van der Waals surface area contributed by atoms with Crippen LogP contribution < -0.4 is 5.73 Å². The van der Waals surface area contributed by atoms with Crippen LogP contribution in [0.5, 0.6) is 0 Å². The van der Waals surface area contributed by atoms with Gasteiger partial charge in [-0.05, 0) is 66.3 Å². The molecule has 0 spiro atoms. The molecule has 2 aromatic rings. The molecule has 3 rings (SSSR count). The van der Waals surface area contributed by atoms with Crippen molar-refractivity contribution in [3.63, 3.8) is 0 Å². The average Bonchev–Trinajstić information content (AvgIpc) is 2.66. The molecule has 0 fully saturated rings. The Labute approximate surface area is 111 Å². The molecule has 2 aromatic carbocycles. The summed E-state index contributed by atoms with van der Waals surface area (Å²) < 4.78 is 13.6. The highest BCUT2D eigenvalue weighted by Gasteiger charge is 2.38. The van der Waals surface area contributed by atoms with Gasteiger partial charge in [0.2, 0.25) is 0 Å². The zero-order valence-corrected chi connectivity index (χ0v) is 10.8. The average molecular weight is 257 g/mol. The van der Waals surface area contributed by atoms with Crippen LogP contribution >= 0.6 is 0 Å². The molecule has 0 bridgehead atoms. The first-order valence-corrected chi connectivity index (χ1v) is 6.38. The Kier molecular flexibility index (Phi) is 2.61. The van der Waals surface area contributed by atoms with Crippen molar-refractivity contribution in [3.8, 4) is 0 Å². The van der Waals surface area contributed by atoms with Crippen LogP contribution in [0.4, 0.5) is 10.1 Å². The Hall–Kier alpha value is -1.87. The van der Waals surface area contributed by atoms with Crippen molar-refractivity contribution in [2.24, 2.45) is 0 Å². The molecule has 0 aliphatic heterocycles. The standard InChI is InChI=1S/C16H16FNO/c1-10-6-12(9-13(17)7-10)16(19)5-4-11-8-14(18)2-3-15(11)16/h2-3,6-9,19H,4-5,18H2,1H3. The van der Waals surface area contributed by atoms with Gasteiger partial charge in [0.1, 0.15) is 11.4 Å². The molecule has 0 saturated heterocycles. The van der Waals surface area contributed by atoms with Crippen molar-refractivity contribution in [2.45, 2.75) is 25.4 Å². The molecule has 1 aliphatic carbocycles. The maximum Gasteiger partial charge on any atom is 0.123 e. The first-order valence-electron chi connectivity index (χ1n) is 6.38. The second kappa shape index (κ2) is 4.07. The van der Waals surface area contributed by atoms with E-state index in [0.717, 1.165) is 23.1 Å². The van der Waals surface area contributed by atoms with Gasteiger partial charge in [-0.25, -0.2) is 4.39 Å². The highest BCUT2D eigenvalue weighted by molar-refractivity contribution is 5.52. The van der Waals surface area contributed by atoms with E-state index in [-0.39, 0.29) is 5.82 Å². The van der Waals surface area contributed by atoms with Crippen molar-refractivity contribution < 1.29 is 9.50 Å².